The highest BCUT2D eigenvalue weighted by molar-refractivity contribution is 5.28. The van der Waals surface area contributed by atoms with Gasteiger partial charge in [-0.15, -0.1) is 0 Å². The summed E-state index contributed by atoms with van der Waals surface area (Å²) in [4.78, 5) is 3.78. The van der Waals surface area contributed by atoms with E-state index in [1.165, 1.54) is 17.8 Å². The summed E-state index contributed by atoms with van der Waals surface area (Å²) in [6.07, 6.45) is 3.76. The van der Waals surface area contributed by atoms with E-state index in [9.17, 15) is 4.39 Å². The fourth-order valence-electron chi connectivity index (χ4n) is 1.56. The van der Waals surface area contributed by atoms with Gasteiger partial charge in [-0.05, 0) is 30.2 Å². The lowest BCUT2D eigenvalue weighted by atomic mass is 10.2. The summed E-state index contributed by atoms with van der Waals surface area (Å²) >= 11 is 0. The quantitative estimate of drug-likeness (QED) is 0.805. The van der Waals surface area contributed by atoms with Crippen LogP contribution in [0.25, 0.3) is 0 Å². The Hall–Kier alpha value is -1.90. The van der Waals surface area contributed by atoms with Crippen molar-refractivity contribution in [2.45, 2.75) is 20.0 Å². The maximum atomic E-state index is 12.9. The van der Waals surface area contributed by atoms with Gasteiger partial charge in [0.1, 0.15) is 18.2 Å². The smallest absolute Gasteiger partial charge is 0.141 e. The topological polar surface area (TPSA) is 22.1 Å². The molecule has 1 heterocycles. The Labute approximate surface area is 100 Å². The largest absolute Gasteiger partial charge is 0.489 e. The second-order valence-corrected chi connectivity index (χ2v) is 3.80. The zero-order valence-electron chi connectivity index (χ0n) is 9.69. The van der Waals surface area contributed by atoms with Gasteiger partial charge < -0.3 is 4.74 Å². The molecule has 1 aromatic heterocycles. The molecule has 0 atom stereocenters. The molecule has 2 rings (SSSR count). The van der Waals surface area contributed by atoms with Crippen LogP contribution in [0, 0.1) is 5.82 Å². The summed E-state index contributed by atoms with van der Waals surface area (Å²) in [5.74, 6) is 0.460. The average molecular weight is 231 g/mol. The zero-order valence-corrected chi connectivity index (χ0v) is 9.69. The van der Waals surface area contributed by atoms with Gasteiger partial charge in [0.2, 0.25) is 0 Å². The Morgan fingerprint density at radius 1 is 1.18 bits per heavy atom. The molecule has 0 aliphatic carbocycles. The standard InChI is InChI=1S/C14H14FNO/c1-2-11-4-3-5-14(7-11)17-10-12-6-13(15)9-16-8-12/h3-9H,2,10H2,1H3. The molecule has 0 aliphatic heterocycles. The highest BCUT2D eigenvalue weighted by atomic mass is 19.1. The maximum Gasteiger partial charge on any atom is 0.141 e. The first kappa shape index (κ1) is 11.6. The van der Waals surface area contributed by atoms with Gasteiger partial charge in [0.25, 0.3) is 0 Å². The van der Waals surface area contributed by atoms with Crippen LogP contribution in [-0.2, 0) is 13.0 Å². The van der Waals surface area contributed by atoms with Gasteiger partial charge in [-0.25, -0.2) is 4.39 Å². The van der Waals surface area contributed by atoms with E-state index in [2.05, 4.69) is 18.0 Å². The molecular weight excluding hydrogens is 217 g/mol. The van der Waals surface area contributed by atoms with Crippen molar-refractivity contribution in [2.24, 2.45) is 0 Å². The number of hydrogen-bond acceptors (Lipinski definition) is 2. The monoisotopic (exact) mass is 231 g/mol. The fourth-order valence-corrected chi connectivity index (χ4v) is 1.56. The summed E-state index contributed by atoms with van der Waals surface area (Å²) in [6.45, 7) is 2.42. The maximum absolute atomic E-state index is 12.9. The number of benzene rings is 1. The molecule has 0 N–H and O–H groups in total. The molecule has 0 spiro atoms. The molecule has 0 fully saturated rings. The predicted octanol–water partition coefficient (Wildman–Crippen LogP) is 3.36. The summed E-state index contributed by atoms with van der Waals surface area (Å²) in [7, 11) is 0. The molecule has 2 aromatic rings. The van der Waals surface area contributed by atoms with Crippen LogP contribution in [0.2, 0.25) is 0 Å². The third-order valence-corrected chi connectivity index (χ3v) is 2.47. The normalized spacial score (nSPS) is 10.2. The molecule has 0 amide bonds. The van der Waals surface area contributed by atoms with E-state index in [4.69, 9.17) is 4.74 Å². The molecule has 0 bridgehead atoms. The van der Waals surface area contributed by atoms with Crippen LogP contribution in [0.4, 0.5) is 4.39 Å². The van der Waals surface area contributed by atoms with E-state index in [1.54, 1.807) is 6.20 Å². The lowest BCUT2D eigenvalue weighted by molar-refractivity contribution is 0.304. The van der Waals surface area contributed by atoms with Crippen molar-refractivity contribution in [3.63, 3.8) is 0 Å². The third kappa shape index (κ3) is 3.28. The number of pyridine rings is 1. The molecule has 0 radical (unpaired) electrons. The van der Waals surface area contributed by atoms with E-state index in [-0.39, 0.29) is 5.82 Å². The van der Waals surface area contributed by atoms with Crippen molar-refractivity contribution in [1.29, 1.82) is 0 Å². The third-order valence-electron chi connectivity index (χ3n) is 2.47. The molecule has 1 aromatic carbocycles. The van der Waals surface area contributed by atoms with E-state index >= 15 is 0 Å². The van der Waals surface area contributed by atoms with Crippen molar-refractivity contribution in [2.75, 3.05) is 0 Å². The molecule has 0 saturated carbocycles. The average Bonchev–Trinajstić information content (AvgIpc) is 2.37. The van der Waals surface area contributed by atoms with Crippen molar-refractivity contribution in [1.82, 2.24) is 4.98 Å². The summed E-state index contributed by atoms with van der Waals surface area (Å²) in [5.41, 5.74) is 1.95. The first-order chi connectivity index (χ1) is 8.28. The number of rotatable bonds is 4. The Morgan fingerprint density at radius 3 is 2.82 bits per heavy atom. The number of hydrogen-bond donors (Lipinski definition) is 0. The molecule has 0 aliphatic rings. The van der Waals surface area contributed by atoms with Crippen LogP contribution in [-0.4, -0.2) is 4.98 Å². The highest BCUT2D eigenvalue weighted by Crippen LogP contribution is 2.15. The van der Waals surface area contributed by atoms with Crippen LogP contribution >= 0.6 is 0 Å². The minimum Gasteiger partial charge on any atom is -0.489 e. The number of halogens is 1. The van der Waals surface area contributed by atoms with E-state index in [1.807, 2.05) is 18.2 Å². The van der Waals surface area contributed by atoms with Crippen molar-refractivity contribution < 1.29 is 9.13 Å². The number of aromatic nitrogens is 1. The van der Waals surface area contributed by atoms with Crippen LogP contribution in [0.3, 0.4) is 0 Å². The van der Waals surface area contributed by atoms with Crippen LogP contribution in [0.15, 0.2) is 42.7 Å². The van der Waals surface area contributed by atoms with E-state index in [0.29, 0.717) is 6.61 Å². The van der Waals surface area contributed by atoms with Crippen molar-refractivity contribution in [3.8, 4) is 5.75 Å². The first-order valence-corrected chi connectivity index (χ1v) is 5.59. The second kappa shape index (κ2) is 5.43. The van der Waals surface area contributed by atoms with Gasteiger partial charge in [0.05, 0.1) is 6.20 Å². The summed E-state index contributed by atoms with van der Waals surface area (Å²) in [6, 6.07) is 9.32. The predicted molar refractivity (Wildman–Crippen MR) is 64.3 cm³/mol. The lowest BCUT2D eigenvalue weighted by Gasteiger charge is -2.07. The molecular formula is C14H14FNO. The Bertz CT molecular complexity index is 499. The van der Waals surface area contributed by atoms with Crippen LogP contribution in [0.1, 0.15) is 18.1 Å². The van der Waals surface area contributed by atoms with Gasteiger partial charge in [-0.2, -0.15) is 0 Å². The number of nitrogens with zero attached hydrogens (tertiary/aromatic N) is 1. The van der Waals surface area contributed by atoms with Gasteiger partial charge in [-0.3, -0.25) is 4.98 Å². The van der Waals surface area contributed by atoms with E-state index in [0.717, 1.165) is 17.7 Å². The molecule has 17 heavy (non-hydrogen) atoms. The Morgan fingerprint density at radius 2 is 2.06 bits per heavy atom. The minimum atomic E-state index is -0.339. The first-order valence-electron chi connectivity index (χ1n) is 5.59. The Balaban J connectivity index is 2.02. The molecule has 88 valence electrons. The molecule has 0 saturated heterocycles. The second-order valence-electron chi connectivity index (χ2n) is 3.80. The number of aryl methyl sites for hydroxylation is 1. The van der Waals surface area contributed by atoms with Gasteiger partial charge >= 0.3 is 0 Å². The van der Waals surface area contributed by atoms with Crippen molar-refractivity contribution >= 4 is 0 Å². The summed E-state index contributed by atoms with van der Waals surface area (Å²) < 4.78 is 18.5. The molecule has 0 unspecified atom stereocenters. The van der Waals surface area contributed by atoms with Gasteiger partial charge in [0, 0.05) is 11.8 Å². The summed E-state index contributed by atoms with van der Waals surface area (Å²) in [5, 5.41) is 0. The fraction of sp³-hybridized carbons (Fsp3) is 0.214. The van der Waals surface area contributed by atoms with Crippen molar-refractivity contribution in [3.05, 3.63) is 59.7 Å². The van der Waals surface area contributed by atoms with Crippen LogP contribution in [0.5, 0.6) is 5.75 Å². The molecule has 2 nitrogen and oxygen atoms in total. The SMILES string of the molecule is CCc1cccc(OCc2cncc(F)c2)c1. The van der Waals surface area contributed by atoms with Gasteiger partial charge in [0.15, 0.2) is 0 Å². The van der Waals surface area contributed by atoms with E-state index < -0.39 is 0 Å². The minimum absolute atomic E-state index is 0.331. The number of ether oxygens (including phenoxy) is 1. The Kier molecular flexibility index (Phi) is 3.70. The highest BCUT2D eigenvalue weighted by Gasteiger charge is 1.99. The van der Waals surface area contributed by atoms with Gasteiger partial charge in [-0.1, -0.05) is 19.1 Å². The lowest BCUT2D eigenvalue weighted by Crippen LogP contribution is -1.97. The van der Waals surface area contributed by atoms with Crippen LogP contribution < -0.4 is 4.74 Å². The molecule has 3 heteroatoms. The zero-order chi connectivity index (χ0) is 12.1.